The molecule has 52 valence electrons. The summed E-state index contributed by atoms with van der Waals surface area (Å²) >= 11 is 0. The topological polar surface area (TPSA) is 67.6 Å². The van der Waals surface area contributed by atoms with E-state index in [1.807, 2.05) is 13.0 Å². The van der Waals surface area contributed by atoms with Crippen molar-refractivity contribution in [3.63, 3.8) is 0 Å². The van der Waals surface area contributed by atoms with Crippen LogP contribution in [0.1, 0.15) is 11.4 Å². The standard InChI is InChI=1S/C6H8N4/c1-4-6(8)5(3-7)9-10(4)2/h8H2,1-2H3. The van der Waals surface area contributed by atoms with E-state index < -0.39 is 0 Å². The molecule has 0 saturated carbocycles. The minimum absolute atomic E-state index is 0.306. The van der Waals surface area contributed by atoms with Gasteiger partial charge in [0.15, 0.2) is 5.69 Å². The molecule has 0 saturated heterocycles. The zero-order valence-electron chi connectivity index (χ0n) is 5.92. The van der Waals surface area contributed by atoms with Crippen LogP contribution in [0.4, 0.5) is 5.69 Å². The van der Waals surface area contributed by atoms with Crippen LogP contribution in [0.3, 0.4) is 0 Å². The van der Waals surface area contributed by atoms with Gasteiger partial charge in [-0.1, -0.05) is 0 Å². The van der Waals surface area contributed by atoms with Gasteiger partial charge in [-0.3, -0.25) is 4.68 Å². The van der Waals surface area contributed by atoms with E-state index in [1.165, 1.54) is 0 Å². The number of nitriles is 1. The first kappa shape index (κ1) is 6.62. The number of nitrogens with zero attached hydrogens (tertiary/aromatic N) is 3. The summed E-state index contributed by atoms with van der Waals surface area (Å²) in [7, 11) is 1.76. The van der Waals surface area contributed by atoms with Crippen molar-refractivity contribution < 1.29 is 0 Å². The molecule has 0 aliphatic heterocycles. The van der Waals surface area contributed by atoms with E-state index in [1.54, 1.807) is 11.7 Å². The number of hydrogen-bond donors (Lipinski definition) is 1. The lowest BCUT2D eigenvalue weighted by atomic mass is 10.3. The molecule has 0 spiro atoms. The fourth-order valence-electron chi connectivity index (χ4n) is 0.707. The predicted molar refractivity (Wildman–Crippen MR) is 37.1 cm³/mol. The van der Waals surface area contributed by atoms with Gasteiger partial charge in [-0.2, -0.15) is 10.4 Å². The molecule has 0 aromatic carbocycles. The first-order valence-corrected chi connectivity index (χ1v) is 2.86. The highest BCUT2D eigenvalue weighted by atomic mass is 15.3. The lowest BCUT2D eigenvalue weighted by Crippen LogP contribution is -1.93. The second kappa shape index (κ2) is 2.03. The van der Waals surface area contributed by atoms with Gasteiger partial charge in [0.2, 0.25) is 0 Å². The lowest BCUT2D eigenvalue weighted by Gasteiger charge is -1.90. The van der Waals surface area contributed by atoms with Crippen molar-refractivity contribution in [1.29, 1.82) is 5.26 Å². The molecule has 0 fully saturated rings. The van der Waals surface area contributed by atoms with Crippen molar-refractivity contribution in [2.45, 2.75) is 6.92 Å². The minimum Gasteiger partial charge on any atom is -0.395 e. The highest BCUT2D eigenvalue weighted by molar-refractivity contribution is 5.53. The lowest BCUT2D eigenvalue weighted by molar-refractivity contribution is 0.737. The van der Waals surface area contributed by atoms with E-state index in [-0.39, 0.29) is 0 Å². The molecule has 1 aromatic heterocycles. The zero-order chi connectivity index (χ0) is 7.72. The Balaban J connectivity index is 3.34. The van der Waals surface area contributed by atoms with Crippen molar-refractivity contribution in [2.75, 3.05) is 5.73 Å². The summed E-state index contributed by atoms with van der Waals surface area (Å²) in [5.74, 6) is 0. The van der Waals surface area contributed by atoms with Crippen LogP contribution in [-0.4, -0.2) is 9.78 Å². The second-order valence-corrected chi connectivity index (χ2v) is 2.08. The Bertz CT molecular complexity index is 291. The first-order valence-electron chi connectivity index (χ1n) is 2.86. The van der Waals surface area contributed by atoms with Gasteiger partial charge in [0, 0.05) is 7.05 Å². The normalized spacial score (nSPS) is 9.30. The maximum absolute atomic E-state index is 8.45. The maximum Gasteiger partial charge on any atom is 0.185 e. The van der Waals surface area contributed by atoms with Gasteiger partial charge in [0.25, 0.3) is 0 Å². The van der Waals surface area contributed by atoms with Gasteiger partial charge in [0.05, 0.1) is 11.4 Å². The van der Waals surface area contributed by atoms with Gasteiger partial charge in [0.1, 0.15) is 6.07 Å². The molecular formula is C6H8N4. The minimum atomic E-state index is 0.306. The highest BCUT2D eigenvalue weighted by Crippen LogP contribution is 2.12. The third kappa shape index (κ3) is 0.722. The molecule has 0 unspecified atom stereocenters. The molecule has 1 heterocycles. The van der Waals surface area contributed by atoms with E-state index in [9.17, 15) is 0 Å². The Morgan fingerprint density at radius 1 is 1.70 bits per heavy atom. The molecule has 1 rings (SSSR count). The first-order chi connectivity index (χ1) is 4.66. The number of anilines is 1. The SMILES string of the molecule is Cc1c(N)c(C#N)nn1C. The number of nitrogens with two attached hydrogens (primary N) is 1. The highest BCUT2D eigenvalue weighted by Gasteiger charge is 2.06. The monoisotopic (exact) mass is 136 g/mol. The Kier molecular flexibility index (Phi) is 1.34. The summed E-state index contributed by atoms with van der Waals surface area (Å²) < 4.78 is 1.59. The molecule has 0 aliphatic carbocycles. The van der Waals surface area contributed by atoms with Crippen LogP contribution in [0.2, 0.25) is 0 Å². The van der Waals surface area contributed by atoms with Crippen LogP contribution < -0.4 is 5.73 Å². The number of aryl methyl sites for hydroxylation is 1. The van der Waals surface area contributed by atoms with Gasteiger partial charge >= 0.3 is 0 Å². The molecule has 4 nitrogen and oxygen atoms in total. The summed E-state index contributed by atoms with van der Waals surface area (Å²) in [6.07, 6.45) is 0. The van der Waals surface area contributed by atoms with Crippen LogP contribution in [0.15, 0.2) is 0 Å². The smallest absolute Gasteiger partial charge is 0.185 e. The van der Waals surface area contributed by atoms with E-state index in [4.69, 9.17) is 11.0 Å². The van der Waals surface area contributed by atoms with Gasteiger partial charge in [-0.15, -0.1) is 0 Å². The van der Waals surface area contributed by atoms with E-state index in [0.29, 0.717) is 11.4 Å². The summed E-state index contributed by atoms with van der Waals surface area (Å²) in [6, 6.07) is 1.90. The molecule has 4 heteroatoms. The second-order valence-electron chi connectivity index (χ2n) is 2.08. The van der Waals surface area contributed by atoms with Crippen molar-refractivity contribution in [3.8, 4) is 6.07 Å². The molecule has 1 aromatic rings. The van der Waals surface area contributed by atoms with Crippen LogP contribution in [0, 0.1) is 18.3 Å². The number of nitrogen functional groups attached to an aromatic ring is 1. The quantitative estimate of drug-likeness (QED) is 0.553. The van der Waals surface area contributed by atoms with E-state index in [0.717, 1.165) is 5.69 Å². The summed E-state index contributed by atoms with van der Waals surface area (Å²) in [4.78, 5) is 0. The number of aromatic nitrogens is 2. The molecule has 0 aliphatic rings. The maximum atomic E-state index is 8.45. The van der Waals surface area contributed by atoms with E-state index >= 15 is 0 Å². The van der Waals surface area contributed by atoms with Crippen molar-refractivity contribution in [3.05, 3.63) is 11.4 Å². The molecule has 0 radical (unpaired) electrons. The average Bonchev–Trinajstić information content (AvgIpc) is 2.17. The van der Waals surface area contributed by atoms with Crippen molar-refractivity contribution in [1.82, 2.24) is 9.78 Å². The van der Waals surface area contributed by atoms with Crippen LogP contribution in [0.5, 0.6) is 0 Å². The third-order valence-corrected chi connectivity index (χ3v) is 1.49. The summed E-state index contributed by atoms with van der Waals surface area (Å²) in [6.45, 7) is 1.82. The van der Waals surface area contributed by atoms with Gasteiger partial charge in [-0.05, 0) is 6.92 Å². The fraction of sp³-hybridized carbons (Fsp3) is 0.333. The molecule has 10 heavy (non-hydrogen) atoms. The van der Waals surface area contributed by atoms with Crippen LogP contribution >= 0.6 is 0 Å². The van der Waals surface area contributed by atoms with Gasteiger partial charge < -0.3 is 5.73 Å². The largest absolute Gasteiger partial charge is 0.395 e. The van der Waals surface area contributed by atoms with Crippen LogP contribution in [-0.2, 0) is 7.05 Å². The Hall–Kier alpha value is -1.50. The third-order valence-electron chi connectivity index (χ3n) is 1.49. The van der Waals surface area contributed by atoms with Crippen molar-refractivity contribution >= 4 is 5.69 Å². The summed E-state index contributed by atoms with van der Waals surface area (Å²) in [5, 5.41) is 12.3. The van der Waals surface area contributed by atoms with E-state index in [2.05, 4.69) is 5.10 Å². The molecule has 0 atom stereocenters. The number of hydrogen-bond acceptors (Lipinski definition) is 3. The Morgan fingerprint density at radius 3 is 2.50 bits per heavy atom. The predicted octanol–water partition coefficient (Wildman–Crippen LogP) is 0.182. The average molecular weight is 136 g/mol. The summed E-state index contributed by atoms with van der Waals surface area (Å²) in [5.41, 5.74) is 7.12. The Labute approximate surface area is 58.9 Å². The molecule has 0 bridgehead atoms. The van der Waals surface area contributed by atoms with Gasteiger partial charge in [-0.25, -0.2) is 0 Å². The number of rotatable bonds is 0. The molecular weight excluding hydrogens is 128 g/mol. The van der Waals surface area contributed by atoms with Crippen LogP contribution in [0.25, 0.3) is 0 Å². The fourth-order valence-corrected chi connectivity index (χ4v) is 0.707. The van der Waals surface area contributed by atoms with Crippen molar-refractivity contribution in [2.24, 2.45) is 7.05 Å². The zero-order valence-corrected chi connectivity index (χ0v) is 5.92. The molecule has 2 N–H and O–H groups in total. The Morgan fingerprint density at radius 2 is 2.30 bits per heavy atom. The molecule has 0 amide bonds.